The Morgan fingerprint density at radius 1 is 1.46 bits per heavy atom. The molecule has 2 fully saturated rings. The summed E-state index contributed by atoms with van der Waals surface area (Å²) >= 11 is 6.73. The van der Waals surface area contributed by atoms with Crippen LogP contribution in [0.2, 0.25) is 0 Å². The second-order valence-electron chi connectivity index (χ2n) is 6.65. The lowest BCUT2D eigenvalue weighted by atomic mass is 10.1. The van der Waals surface area contributed by atoms with Gasteiger partial charge in [0.25, 0.3) is 0 Å². The molecule has 0 bridgehead atoms. The highest BCUT2D eigenvalue weighted by molar-refractivity contribution is 9.10. The third-order valence-corrected chi connectivity index (χ3v) is 8.05. The molecule has 1 aromatic carbocycles. The van der Waals surface area contributed by atoms with Crippen LogP contribution in [0.4, 0.5) is 5.13 Å². The van der Waals surface area contributed by atoms with Crippen molar-refractivity contribution in [2.75, 3.05) is 11.1 Å². The number of halogens is 1. The molecule has 0 unspecified atom stereocenters. The number of thioether (sulfide) groups is 1. The zero-order valence-electron chi connectivity index (χ0n) is 14.2. The molecule has 2 aromatic rings. The molecule has 3 heterocycles. The summed E-state index contributed by atoms with van der Waals surface area (Å²) < 4.78 is 1.06. The Hall–Kier alpha value is -1.38. The summed E-state index contributed by atoms with van der Waals surface area (Å²) in [6.07, 6.45) is 3.90. The van der Waals surface area contributed by atoms with Gasteiger partial charge in [0.15, 0.2) is 5.13 Å². The van der Waals surface area contributed by atoms with Gasteiger partial charge in [0.2, 0.25) is 11.8 Å². The number of nitrogens with zero attached hydrogens (tertiary/aromatic N) is 2. The maximum atomic E-state index is 12.7. The van der Waals surface area contributed by atoms with Crippen LogP contribution in [0.15, 0.2) is 34.9 Å². The van der Waals surface area contributed by atoms with Crippen LogP contribution in [-0.4, -0.2) is 38.4 Å². The molecule has 5 nitrogen and oxygen atoms in total. The average molecular weight is 452 g/mol. The number of aromatic nitrogens is 1. The molecule has 136 valence electrons. The van der Waals surface area contributed by atoms with Gasteiger partial charge in [-0.25, -0.2) is 4.98 Å². The van der Waals surface area contributed by atoms with Crippen molar-refractivity contribution in [3.05, 3.63) is 45.4 Å². The van der Waals surface area contributed by atoms with Gasteiger partial charge in [0.05, 0.1) is 4.87 Å². The number of carbonyl (C=O) groups is 2. The van der Waals surface area contributed by atoms with Crippen LogP contribution in [0.1, 0.15) is 30.2 Å². The van der Waals surface area contributed by atoms with Crippen LogP contribution < -0.4 is 5.32 Å². The van der Waals surface area contributed by atoms with E-state index in [4.69, 9.17) is 0 Å². The number of amides is 2. The lowest BCUT2D eigenvalue weighted by Crippen LogP contribution is -2.48. The van der Waals surface area contributed by atoms with Gasteiger partial charge in [-0.05, 0) is 25.0 Å². The zero-order valence-corrected chi connectivity index (χ0v) is 17.4. The average Bonchev–Trinajstić information content (AvgIpc) is 3.26. The van der Waals surface area contributed by atoms with Crippen LogP contribution >= 0.6 is 39.0 Å². The fourth-order valence-electron chi connectivity index (χ4n) is 3.48. The molecule has 0 radical (unpaired) electrons. The fraction of sp³-hybridized carbons (Fsp3) is 0.389. The predicted octanol–water partition coefficient (Wildman–Crippen LogP) is 3.89. The number of hydrogen-bond acceptors (Lipinski definition) is 5. The van der Waals surface area contributed by atoms with Gasteiger partial charge >= 0.3 is 0 Å². The van der Waals surface area contributed by atoms with Crippen molar-refractivity contribution in [3.63, 3.8) is 0 Å². The van der Waals surface area contributed by atoms with E-state index < -0.39 is 6.04 Å². The van der Waals surface area contributed by atoms with Gasteiger partial charge in [-0.15, -0.1) is 23.1 Å². The molecular weight excluding hydrogens is 434 g/mol. The Balaban J connectivity index is 1.44. The van der Waals surface area contributed by atoms with E-state index in [9.17, 15) is 9.59 Å². The summed E-state index contributed by atoms with van der Waals surface area (Å²) in [4.78, 5) is 31.8. The first-order valence-electron chi connectivity index (χ1n) is 8.41. The van der Waals surface area contributed by atoms with Gasteiger partial charge < -0.3 is 10.2 Å². The van der Waals surface area contributed by atoms with E-state index in [0.29, 0.717) is 17.3 Å². The number of hydrogen-bond donors (Lipinski definition) is 1. The summed E-state index contributed by atoms with van der Waals surface area (Å²) in [6, 6.07) is 7.67. The van der Waals surface area contributed by atoms with Gasteiger partial charge in [-0.3, -0.25) is 9.59 Å². The molecule has 2 aliphatic heterocycles. The highest BCUT2D eigenvalue weighted by Crippen LogP contribution is 2.47. The van der Waals surface area contributed by atoms with Crippen molar-refractivity contribution < 1.29 is 9.59 Å². The summed E-state index contributed by atoms with van der Waals surface area (Å²) in [5.74, 6) is 0.577. The molecule has 2 atom stereocenters. The number of anilines is 1. The monoisotopic (exact) mass is 451 g/mol. The largest absolute Gasteiger partial charge is 0.315 e. The fourth-order valence-corrected chi connectivity index (χ4v) is 6.18. The third-order valence-electron chi connectivity index (χ3n) is 4.85. The highest BCUT2D eigenvalue weighted by atomic mass is 79.9. The first-order chi connectivity index (χ1) is 12.5. The Labute approximate surface area is 168 Å². The molecule has 0 saturated carbocycles. The summed E-state index contributed by atoms with van der Waals surface area (Å²) in [7, 11) is 0. The van der Waals surface area contributed by atoms with Crippen LogP contribution in [0.3, 0.4) is 0 Å². The molecule has 1 aromatic heterocycles. The van der Waals surface area contributed by atoms with Crippen molar-refractivity contribution in [2.45, 2.75) is 37.1 Å². The normalized spacial score (nSPS) is 24.8. The second kappa shape index (κ2) is 6.98. The molecule has 8 heteroatoms. The van der Waals surface area contributed by atoms with Crippen LogP contribution in [0.25, 0.3) is 0 Å². The zero-order chi connectivity index (χ0) is 18.3. The van der Waals surface area contributed by atoms with Crippen LogP contribution in [0.5, 0.6) is 0 Å². The Kier molecular flexibility index (Phi) is 4.83. The van der Waals surface area contributed by atoms with Gasteiger partial charge in [-0.1, -0.05) is 34.1 Å². The van der Waals surface area contributed by atoms with Crippen molar-refractivity contribution in [2.24, 2.45) is 0 Å². The number of thiazole rings is 1. The SMILES string of the molecule is C[C@@]12CCC(=O)N1[C@H](C(=O)Nc1ncc(Cc3ccccc3Br)s1)CS2. The first kappa shape index (κ1) is 18.0. The summed E-state index contributed by atoms with van der Waals surface area (Å²) in [6.45, 7) is 2.05. The number of carbonyl (C=O) groups excluding carboxylic acids is 2. The topological polar surface area (TPSA) is 62.3 Å². The number of fused-ring (bicyclic) bond motifs is 1. The second-order valence-corrected chi connectivity index (χ2v) is 10.1. The van der Waals surface area contributed by atoms with Crippen LogP contribution in [0, 0.1) is 0 Å². The quantitative estimate of drug-likeness (QED) is 0.765. The maximum Gasteiger partial charge on any atom is 0.249 e. The molecule has 26 heavy (non-hydrogen) atoms. The standard InChI is InChI=1S/C18H18BrN3O2S2/c1-18-7-6-15(23)22(18)14(10-25-18)16(24)21-17-20-9-12(26-17)8-11-4-2-3-5-13(11)19/h2-5,9,14H,6-8,10H2,1H3,(H,20,21,24)/t14-,18+/m0/s1. The van der Waals surface area contributed by atoms with Gasteiger partial charge in [0.1, 0.15) is 6.04 Å². The molecule has 2 aliphatic rings. The number of rotatable bonds is 4. The smallest absolute Gasteiger partial charge is 0.249 e. The molecule has 1 N–H and O–H groups in total. The number of nitrogens with one attached hydrogen (secondary N) is 1. The Bertz CT molecular complexity index is 872. The predicted molar refractivity (Wildman–Crippen MR) is 108 cm³/mol. The van der Waals surface area contributed by atoms with Gasteiger partial charge in [0, 0.05) is 34.1 Å². The Morgan fingerprint density at radius 2 is 2.27 bits per heavy atom. The lowest BCUT2D eigenvalue weighted by molar-refractivity contribution is -0.135. The minimum Gasteiger partial charge on any atom is -0.315 e. The molecular formula is C18H18BrN3O2S2. The van der Waals surface area contributed by atoms with E-state index >= 15 is 0 Å². The number of benzene rings is 1. The Morgan fingerprint density at radius 3 is 3.08 bits per heavy atom. The van der Waals surface area contributed by atoms with Crippen molar-refractivity contribution in [1.29, 1.82) is 0 Å². The van der Waals surface area contributed by atoms with Crippen molar-refractivity contribution >= 4 is 56.0 Å². The molecule has 4 rings (SSSR count). The highest BCUT2D eigenvalue weighted by Gasteiger charge is 2.52. The van der Waals surface area contributed by atoms with E-state index in [1.807, 2.05) is 18.2 Å². The van der Waals surface area contributed by atoms with Crippen molar-refractivity contribution in [3.8, 4) is 0 Å². The van der Waals surface area contributed by atoms with Crippen molar-refractivity contribution in [1.82, 2.24) is 9.88 Å². The minimum absolute atomic E-state index is 0.0754. The van der Waals surface area contributed by atoms with E-state index in [0.717, 1.165) is 22.2 Å². The molecule has 0 aliphatic carbocycles. The van der Waals surface area contributed by atoms with Gasteiger partial charge in [-0.2, -0.15) is 0 Å². The van der Waals surface area contributed by atoms with E-state index in [1.165, 1.54) is 16.9 Å². The third kappa shape index (κ3) is 3.30. The van der Waals surface area contributed by atoms with E-state index in [2.05, 4.69) is 39.2 Å². The molecule has 0 spiro atoms. The van der Waals surface area contributed by atoms with Crippen LogP contribution in [-0.2, 0) is 16.0 Å². The molecule has 2 amide bonds. The summed E-state index contributed by atoms with van der Waals surface area (Å²) in [5.41, 5.74) is 1.18. The van der Waals surface area contributed by atoms with E-state index in [-0.39, 0.29) is 16.7 Å². The summed E-state index contributed by atoms with van der Waals surface area (Å²) in [5, 5.41) is 3.49. The molecule has 2 saturated heterocycles. The lowest BCUT2D eigenvalue weighted by Gasteiger charge is -2.29. The van der Waals surface area contributed by atoms with E-state index in [1.54, 1.807) is 22.9 Å². The maximum absolute atomic E-state index is 12.7. The minimum atomic E-state index is -0.407. The first-order valence-corrected chi connectivity index (χ1v) is 11.0.